The van der Waals surface area contributed by atoms with Gasteiger partial charge in [0.25, 0.3) is 11.8 Å². The first-order valence-electron chi connectivity index (χ1n) is 12.6. The Morgan fingerprint density at radius 2 is 1.60 bits per heavy atom. The van der Waals surface area contributed by atoms with Crippen LogP contribution >= 0.6 is 0 Å². The molecule has 3 rings (SSSR count). The van der Waals surface area contributed by atoms with Gasteiger partial charge in [0.05, 0.1) is 18.4 Å². The summed E-state index contributed by atoms with van der Waals surface area (Å²) in [5.41, 5.74) is 1.14. The lowest BCUT2D eigenvalue weighted by molar-refractivity contribution is -0.124. The number of carbonyl (C=O) groups excluding carboxylic acids is 3. The highest BCUT2D eigenvalue weighted by Crippen LogP contribution is 2.20. The SMILES string of the molecule is CC[C@@H](C)[C@@H](NC(=O)c1ccccc1NC(=O)c1ccc(OC)cc1)C(=O)NC1CCCCCC1. The van der Waals surface area contributed by atoms with Crippen molar-refractivity contribution in [2.75, 3.05) is 12.4 Å². The Morgan fingerprint density at radius 3 is 2.23 bits per heavy atom. The minimum atomic E-state index is -0.652. The van der Waals surface area contributed by atoms with Crippen LogP contribution in [0, 0.1) is 5.92 Å². The third-order valence-electron chi connectivity index (χ3n) is 6.76. The Morgan fingerprint density at radius 1 is 0.943 bits per heavy atom. The fraction of sp³-hybridized carbons (Fsp3) is 0.464. The summed E-state index contributed by atoms with van der Waals surface area (Å²) in [5.74, 6) is -0.251. The van der Waals surface area contributed by atoms with Gasteiger partial charge in [0, 0.05) is 11.6 Å². The van der Waals surface area contributed by atoms with Crippen LogP contribution in [0.4, 0.5) is 5.69 Å². The molecule has 1 fully saturated rings. The van der Waals surface area contributed by atoms with Gasteiger partial charge < -0.3 is 20.7 Å². The van der Waals surface area contributed by atoms with Crippen molar-refractivity contribution in [3.05, 3.63) is 59.7 Å². The number of ether oxygens (including phenoxy) is 1. The van der Waals surface area contributed by atoms with Gasteiger partial charge in [-0.3, -0.25) is 14.4 Å². The summed E-state index contributed by atoms with van der Waals surface area (Å²) in [6.45, 7) is 3.97. The lowest BCUT2D eigenvalue weighted by atomic mass is 9.96. The summed E-state index contributed by atoms with van der Waals surface area (Å²) >= 11 is 0. The molecule has 2 atom stereocenters. The second-order valence-electron chi connectivity index (χ2n) is 9.26. The minimum absolute atomic E-state index is 0.0363. The largest absolute Gasteiger partial charge is 0.497 e. The third-order valence-corrected chi connectivity index (χ3v) is 6.76. The molecule has 35 heavy (non-hydrogen) atoms. The lowest BCUT2D eigenvalue weighted by Crippen LogP contribution is -2.52. The van der Waals surface area contributed by atoms with Crippen LogP contribution in [0.1, 0.15) is 79.5 Å². The molecule has 0 bridgehead atoms. The van der Waals surface area contributed by atoms with Gasteiger partial charge in [0.2, 0.25) is 5.91 Å². The molecule has 3 N–H and O–H groups in total. The molecule has 1 aliphatic carbocycles. The van der Waals surface area contributed by atoms with Crippen molar-refractivity contribution in [2.45, 2.75) is 70.9 Å². The molecule has 0 heterocycles. The van der Waals surface area contributed by atoms with Crippen molar-refractivity contribution in [3.8, 4) is 5.75 Å². The van der Waals surface area contributed by atoms with E-state index in [1.165, 1.54) is 12.8 Å². The minimum Gasteiger partial charge on any atom is -0.497 e. The fourth-order valence-electron chi connectivity index (χ4n) is 4.36. The van der Waals surface area contributed by atoms with Crippen LogP contribution in [0.25, 0.3) is 0 Å². The van der Waals surface area contributed by atoms with E-state index in [-0.39, 0.29) is 23.8 Å². The van der Waals surface area contributed by atoms with Gasteiger partial charge in [0.1, 0.15) is 11.8 Å². The Hall–Kier alpha value is -3.35. The van der Waals surface area contributed by atoms with Crippen LogP contribution in [0.2, 0.25) is 0 Å². The number of hydrogen-bond acceptors (Lipinski definition) is 4. The maximum atomic E-state index is 13.3. The number of nitrogens with one attached hydrogen (secondary N) is 3. The number of carbonyl (C=O) groups is 3. The maximum Gasteiger partial charge on any atom is 0.255 e. The van der Waals surface area contributed by atoms with Crippen LogP contribution in [-0.2, 0) is 4.79 Å². The highest BCUT2D eigenvalue weighted by atomic mass is 16.5. The summed E-state index contributed by atoms with van der Waals surface area (Å²) in [7, 11) is 1.56. The van der Waals surface area contributed by atoms with Gasteiger partial charge in [-0.15, -0.1) is 0 Å². The Bertz CT molecular complexity index is 998. The predicted octanol–water partition coefficient (Wildman–Crippen LogP) is 4.93. The molecule has 0 aromatic heterocycles. The Balaban J connectivity index is 1.72. The molecule has 0 unspecified atom stereocenters. The number of hydrogen-bond donors (Lipinski definition) is 3. The Labute approximate surface area is 208 Å². The molecule has 0 aliphatic heterocycles. The second-order valence-corrected chi connectivity index (χ2v) is 9.26. The first-order chi connectivity index (χ1) is 16.9. The number of anilines is 1. The van der Waals surface area contributed by atoms with Gasteiger partial charge in [-0.1, -0.05) is 58.1 Å². The molecule has 188 valence electrons. The summed E-state index contributed by atoms with van der Waals surface area (Å²) < 4.78 is 5.14. The zero-order valence-electron chi connectivity index (χ0n) is 20.9. The van der Waals surface area contributed by atoms with E-state index < -0.39 is 11.9 Å². The van der Waals surface area contributed by atoms with Gasteiger partial charge in [-0.25, -0.2) is 0 Å². The molecular weight excluding hydrogens is 442 g/mol. The number of benzene rings is 2. The fourth-order valence-corrected chi connectivity index (χ4v) is 4.36. The van der Waals surface area contributed by atoms with Gasteiger partial charge in [0.15, 0.2) is 0 Å². The molecule has 1 aliphatic rings. The standard InChI is InChI=1S/C28H37N3O4/c1-4-19(2)25(28(34)29-21-11-7-5-6-8-12-21)31-27(33)23-13-9-10-14-24(23)30-26(32)20-15-17-22(35-3)18-16-20/h9-10,13-19,21,25H,4-8,11-12H2,1-3H3,(H,29,34)(H,30,32)(H,31,33)/t19-,25-/m1/s1. The zero-order chi connectivity index (χ0) is 25.2. The molecule has 7 nitrogen and oxygen atoms in total. The molecular formula is C28H37N3O4. The van der Waals surface area contributed by atoms with Crippen molar-refractivity contribution >= 4 is 23.4 Å². The number of rotatable bonds is 9. The average Bonchev–Trinajstić information content (AvgIpc) is 3.15. The predicted molar refractivity (Wildman–Crippen MR) is 138 cm³/mol. The van der Waals surface area contributed by atoms with E-state index >= 15 is 0 Å². The first kappa shape index (κ1) is 26.3. The van der Waals surface area contributed by atoms with Crippen LogP contribution in [-0.4, -0.2) is 36.9 Å². The quantitative estimate of drug-likeness (QED) is 0.444. The van der Waals surface area contributed by atoms with Gasteiger partial charge in [-0.2, -0.15) is 0 Å². The van der Waals surface area contributed by atoms with Gasteiger partial charge >= 0.3 is 0 Å². The summed E-state index contributed by atoms with van der Waals surface area (Å²) in [6.07, 6.45) is 7.35. The summed E-state index contributed by atoms with van der Waals surface area (Å²) in [4.78, 5) is 39.3. The number of para-hydroxylation sites is 1. The molecule has 0 spiro atoms. The topological polar surface area (TPSA) is 96.5 Å². The summed E-state index contributed by atoms with van der Waals surface area (Å²) in [6, 6.07) is 13.1. The van der Waals surface area contributed by atoms with Crippen molar-refractivity contribution in [1.82, 2.24) is 10.6 Å². The zero-order valence-corrected chi connectivity index (χ0v) is 20.9. The van der Waals surface area contributed by atoms with Gasteiger partial charge in [-0.05, 0) is 55.2 Å². The van der Waals surface area contributed by atoms with Crippen LogP contribution in [0.15, 0.2) is 48.5 Å². The lowest BCUT2D eigenvalue weighted by Gasteiger charge is -2.26. The maximum absolute atomic E-state index is 13.3. The molecule has 0 saturated heterocycles. The van der Waals surface area contributed by atoms with E-state index in [9.17, 15) is 14.4 Å². The smallest absolute Gasteiger partial charge is 0.255 e. The van der Waals surface area contributed by atoms with E-state index in [0.29, 0.717) is 22.6 Å². The number of methoxy groups -OCH3 is 1. The van der Waals surface area contributed by atoms with E-state index in [4.69, 9.17) is 4.74 Å². The highest BCUT2D eigenvalue weighted by Gasteiger charge is 2.29. The van der Waals surface area contributed by atoms with Crippen molar-refractivity contribution in [2.24, 2.45) is 5.92 Å². The van der Waals surface area contributed by atoms with E-state index in [0.717, 1.165) is 32.1 Å². The second kappa shape index (κ2) is 12.9. The van der Waals surface area contributed by atoms with Crippen LogP contribution in [0.5, 0.6) is 5.75 Å². The van der Waals surface area contributed by atoms with Crippen LogP contribution < -0.4 is 20.7 Å². The van der Waals surface area contributed by atoms with Crippen LogP contribution in [0.3, 0.4) is 0 Å². The molecule has 2 aromatic rings. The van der Waals surface area contributed by atoms with E-state index in [1.807, 2.05) is 13.8 Å². The molecule has 3 amide bonds. The van der Waals surface area contributed by atoms with Crippen molar-refractivity contribution < 1.29 is 19.1 Å². The number of amides is 3. The molecule has 1 saturated carbocycles. The molecule has 2 aromatic carbocycles. The third kappa shape index (κ3) is 7.31. The van der Waals surface area contributed by atoms with Crippen molar-refractivity contribution in [1.29, 1.82) is 0 Å². The average molecular weight is 480 g/mol. The van der Waals surface area contributed by atoms with E-state index in [2.05, 4.69) is 16.0 Å². The normalized spacial score (nSPS) is 15.9. The first-order valence-corrected chi connectivity index (χ1v) is 12.6. The highest BCUT2D eigenvalue weighted by molar-refractivity contribution is 6.09. The molecule has 7 heteroatoms. The Kier molecular flexibility index (Phi) is 9.70. The van der Waals surface area contributed by atoms with Crippen molar-refractivity contribution in [3.63, 3.8) is 0 Å². The van der Waals surface area contributed by atoms with E-state index in [1.54, 1.807) is 55.6 Å². The monoisotopic (exact) mass is 479 g/mol. The molecule has 0 radical (unpaired) electrons. The summed E-state index contributed by atoms with van der Waals surface area (Å²) in [5, 5.41) is 8.94.